The van der Waals surface area contributed by atoms with E-state index < -0.39 is 0 Å². The van der Waals surface area contributed by atoms with Gasteiger partial charge in [-0.1, -0.05) is 5.16 Å². The van der Waals surface area contributed by atoms with Crippen molar-refractivity contribution in [1.82, 2.24) is 15.1 Å². The van der Waals surface area contributed by atoms with E-state index in [2.05, 4.69) is 20.4 Å². The molecule has 0 fully saturated rings. The molecule has 0 radical (unpaired) electrons. The van der Waals surface area contributed by atoms with Crippen LogP contribution in [-0.4, -0.2) is 21.0 Å². The second-order valence-electron chi connectivity index (χ2n) is 5.39. The van der Waals surface area contributed by atoms with Crippen molar-refractivity contribution < 1.29 is 13.7 Å². The van der Waals surface area contributed by atoms with Gasteiger partial charge in [0, 0.05) is 23.0 Å². The number of benzene rings is 1. The quantitative estimate of drug-likeness (QED) is 0.797. The van der Waals surface area contributed by atoms with E-state index in [9.17, 15) is 9.18 Å². The first-order chi connectivity index (χ1) is 11.5. The Labute approximate surface area is 137 Å². The number of hydrogen-bond acceptors (Lipinski definition) is 5. The largest absolute Gasteiger partial charge is 0.356 e. The van der Waals surface area contributed by atoms with Crippen LogP contribution in [0.1, 0.15) is 17.1 Å². The maximum atomic E-state index is 12.9. The third-order valence-corrected chi connectivity index (χ3v) is 3.26. The number of amides is 1. The van der Waals surface area contributed by atoms with Gasteiger partial charge in [0.25, 0.3) is 0 Å². The van der Waals surface area contributed by atoms with Gasteiger partial charge in [0.1, 0.15) is 5.82 Å². The standard InChI is InChI=1S/C17H15FN4O2/c1-10-7-11(2)20-17(19-10)21-16(23)9-14-8-15(24-22-14)12-3-5-13(18)6-4-12/h3-8H,9H2,1-2H3,(H,19,20,21,23). The van der Waals surface area contributed by atoms with Gasteiger partial charge in [-0.25, -0.2) is 14.4 Å². The second kappa shape index (κ2) is 6.57. The number of anilines is 1. The number of halogens is 1. The predicted molar refractivity (Wildman–Crippen MR) is 85.7 cm³/mol. The fourth-order valence-electron chi connectivity index (χ4n) is 2.26. The van der Waals surface area contributed by atoms with Crippen molar-refractivity contribution >= 4 is 11.9 Å². The number of nitrogens with zero attached hydrogens (tertiary/aromatic N) is 3. The minimum atomic E-state index is -0.327. The van der Waals surface area contributed by atoms with Crippen LogP contribution < -0.4 is 5.32 Å². The molecule has 0 bridgehead atoms. The molecule has 0 unspecified atom stereocenters. The number of carbonyl (C=O) groups is 1. The first-order valence-electron chi connectivity index (χ1n) is 7.33. The summed E-state index contributed by atoms with van der Waals surface area (Å²) in [6.45, 7) is 3.66. The van der Waals surface area contributed by atoms with Crippen molar-refractivity contribution in [1.29, 1.82) is 0 Å². The van der Waals surface area contributed by atoms with Gasteiger partial charge < -0.3 is 4.52 Å². The summed E-state index contributed by atoms with van der Waals surface area (Å²) in [4.78, 5) is 20.4. The Balaban J connectivity index is 1.68. The first-order valence-corrected chi connectivity index (χ1v) is 7.33. The lowest BCUT2D eigenvalue weighted by atomic mass is 10.1. The zero-order valence-electron chi connectivity index (χ0n) is 13.2. The molecule has 122 valence electrons. The Morgan fingerprint density at radius 1 is 1.12 bits per heavy atom. The molecule has 2 aromatic heterocycles. The maximum absolute atomic E-state index is 12.9. The lowest BCUT2D eigenvalue weighted by molar-refractivity contribution is -0.115. The van der Waals surface area contributed by atoms with Crippen LogP contribution >= 0.6 is 0 Å². The molecule has 0 aliphatic heterocycles. The zero-order valence-corrected chi connectivity index (χ0v) is 13.2. The van der Waals surface area contributed by atoms with Gasteiger partial charge >= 0.3 is 0 Å². The summed E-state index contributed by atoms with van der Waals surface area (Å²) in [6, 6.07) is 9.31. The van der Waals surface area contributed by atoms with Gasteiger partial charge in [-0.3, -0.25) is 10.1 Å². The lowest BCUT2D eigenvalue weighted by Crippen LogP contribution is -2.17. The summed E-state index contributed by atoms with van der Waals surface area (Å²) in [5.74, 6) is 0.116. The molecule has 0 saturated carbocycles. The predicted octanol–water partition coefficient (Wildman–Crippen LogP) is 3.07. The number of rotatable bonds is 4. The molecule has 1 amide bonds. The average molecular weight is 326 g/mol. The van der Waals surface area contributed by atoms with Gasteiger partial charge in [0.15, 0.2) is 5.76 Å². The second-order valence-corrected chi connectivity index (χ2v) is 5.39. The monoisotopic (exact) mass is 326 g/mol. The van der Waals surface area contributed by atoms with Crippen LogP contribution in [0.15, 0.2) is 40.9 Å². The fraction of sp³-hybridized carbons (Fsp3) is 0.176. The van der Waals surface area contributed by atoms with E-state index in [-0.39, 0.29) is 24.1 Å². The molecule has 1 N–H and O–H groups in total. The minimum Gasteiger partial charge on any atom is -0.356 e. The molecule has 0 spiro atoms. The number of aryl methyl sites for hydroxylation is 2. The summed E-state index contributed by atoms with van der Waals surface area (Å²) < 4.78 is 18.1. The van der Waals surface area contributed by atoms with E-state index in [1.165, 1.54) is 12.1 Å². The summed E-state index contributed by atoms with van der Waals surface area (Å²) in [5, 5.41) is 6.50. The highest BCUT2D eigenvalue weighted by Gasteiger charge is 2.12. The Morgan fingerprint density at radius 2 is 1.79 bits per heavy atom. The van der Waals surface area contributed by atoms with E-state index in [0.717, 1.165) is 11.4 Å². The van der Waals surface area contributed by atoms with E-state index >= 15 is 0 Å². The van der Waals surface area contributed by atoms with E-state index in [0.29, 0.717) is 17.0 Å². The molecule has 0 aliphatic rings. The molecular formula is C17H15FN4O2. The van der Waals surface area contributed by atoms with Crippen LogP contribution in [0.2, 0.25) is 0 Å². The van der Waals surface area contributed by atoms with Crippen LogP contribution in [0.4, 0.5) is 10.3 Å². The maximum Gasteiger partial charge on any atom is 0.232 e. The summed E-state index contributed by atoms with van der Waals surface area (Å²) in [5.41, 5.74) is 2.71. The van der Waals surface area contributed by atoms with Crippen molar-refractivity contribution in [2.75, 3.05) is 5.32 Å². The highest BCUT2D eigenvalue weighted by atomic mass is 19.1. The number of aromatic nitrogens is 3. The van der Waals surface area contributed by atoms with Gasteiger partial charge in [0.2, 0.25) is 11.9 Å². The third kappa shape index (κ3) is 3.81. The lowest BCUT2D eigenvalue weighted by Gasteiger charge is -2.04. The summed E-state index contributed by atoms with van der Waals surface area (Å²) in [6.07, 6.45) is 0.0288. The molecule has 24 heavy (non-hydrogen) atoms. The number of hydrogen-bond donors (Lipinski definition) is 1. The van der Waals surface area contributed by atoms with Crippen molar-refractivity contribution in [3.05, 3.63) is 59.3 Å². The molecule has 0 atom stereocenters. The average Bonchev–Trinajstić information content (AvgIpc) is 2.95. The molecule has 7 heteroatoms. The normalized spacial score (nSPS) is 10.6. The van der Waals surface area contributed by atoms with Gasteiger partial charge in [-0.15, -0.1) is 0 Å². The summed E-state index contributed by atoms with van der Waals surface area (Å²) in [7, 11) is 0. The van der Waals surface area contributed by atoms with Crippen molar-refractivity contribution in [3.63, 3.8) is 0 Å². The van der Waals surface area contributed by atoms with Crippen LogP contribution in [-0.2, 0) is 11.2 Å². The Kier molecular flexibility index (Phi) is 4.33. The highest BCUT2D eigenvalue weighted by molar-refractivity contribution is 5.90. The van der Waals surface area contributed by atoms with Crippen LogP contribution in [0.5, 0.6) is 0 Å². The van der Waals surface area contributed by atoms with Crippen LogP contribution in [0, 0.1) is 19.7 Å². The Hall–Kier alpha value is -3.09. The highest BCUT2D eigenvalue weighted by Crippen LogP contribution is 2.20. The number of nitrogens with one attached hydrogen (secondary N) is 1. The first kappa shape index (κ1) is 15.8. The van der Waals surface area contributed by atoms with E-state index in [1.54, 1.807) is 18.2 Å². The zero-order chi connectivity index (χ0) is 17.1. The SMILES string of the molecule is Cc1cc(C)nc(NC(=O)Cc2cc(-c3ccc(F)cc3)on2)n1. The molecule has 1 aromatic carbocycles. The van der Waals surface area contributed by atoms with Crippen molar-refractivity contribution in [2.45, 2.75) is 20.3 Å². The smallest absolute Gasteiger partial charge is 0.232 e. The fourth-order valence-corrected chi connectivity index (χ4v) is 2.26. The van der Waals surface area contributed by atoms with E-state index in [1.807, 2.05) is 19.9 Å². The van der Waals surface area contributed by atoms with Crippen LogP contribution in [0.25, 0.3) is 11.3 Å². The van der Waals surface area contributed by atoms with Gasteiger partial charge in [-0.2, -0.15) is 0 Å². The van der Waals surface area contributed by atoms with Crippen LogP contribution in [0.3, 0.4) is 0 Å². The third-order valence-electron chi connectivity index (χ3n) is 3.26. The summed E-state index contributed by atoms with van der Waals surface area (Å²) >= 11 is 0. The molecule has 2 heterocycles. The topological polar surface area (TPSA) is 80.9 Å². The van der Waals surface area contributed by atoms with E-state index in [4.69, 9.17) is 4.52 Å². The van der Waals surface area contributed by atoms with Crippen molar-refractivity contribution in [2.24, 2.45) is 0 Å². The van der Waals surface area contributed by atoms with Gasteiger partial charge in [0.05, 0.1) is 12.1 Å². The van der Waals surface area contributed by atoms with Gasteiger partial charge in [-0.05, 0) is 44.2 Å². The molecule has 3 rings (SSSR count). The molecule has 0 aliphatic carbocycles. The molecule has 6 nitrogen and oxygen atoms in total. The Morgan fingerprint density at radius 3 is 2.46 bits per heavy atom. The number of carbonyl (C=O) groups excluding carboxylic acids is 1. The molecule has 3 aromatic rings. The minimum absolute atomic E-state index is 0.0288. The van der Waals surface area contributed by atoms with Crippen molar-refractivity contribution in [3.8, 4) is 11.3 Å². The molecular weight excluding hydrogens is 311 g/mol. The molecule has 0 saturated heterocycles. The Bertz CT molecular complexity index is 854.